The van der Waals surface area contributed by atoms with E-state index >= 15 is 0 Å². The maximum Gasteiger partial charge on any atom is 0.0224 e. The average Bonchev–Trinajstić information content (AvgIpc) is 2.05. The van der Waals surface area contributed by atoms with Gasteiger partial charge in [0.1, 0.15) is 0 Å². The molecule has 0 aromatic carbocycles. The molecule has 0 aliphatic carbocycles. The summed E-state index contributed by atoms with van der Waals surface area (Å²) in [5.41, 5.74) is 0. The third-order valence-corrected chi connectivity index (χ3v) is 3.30. The average molecular weight is 168 g/mol. The van der Waals surface area contributed by atoms with E-state index in [9.17, 15) is 0 Å². The molecular formula is C10H20N2. The van der Waals surface area contributed by atoms with Gasteiger partial charge in [-0.3, -0.25) is 0 Å². The maximum atomic E-state index is 3.68. The molecule has 2 saturated heterocycles. The van der Waals surface area contributed by atoms with E-state index in [1.165, 1.54) is 25.7 Å². The van der Waals surface area contributed by atoms with Crippen LogP contribution >= 0.6 is 0 Å². The molecule has 2 aliphatic rings. The Morgan fingerprint density at radius 2 is 1.17 bits per heavy atom. The van der Waals surface area contributed by atoms with Gasteiger partial charge >= 0.3 is 0 Å². The van der Waals surface area contributed by atoms with Crippen molar-refractivity contribution in [3.8, 4) is 0 Å². The molecule has 2 heteroatoms. The molecular weight excluding hydrogens is 148 g/mol. The quantitative estimate of drug-likeness (QED) is 0.569. The molecule has 2 fully saturated rings. The van der Waals surface area contributed by atoms with Crippen LogP contribution in [0.25, 0.3) is 0 Å². The molecule has 2 heterocycles. The van der Waals surface area contributed by atoms with Crippen LogP contribution in [0.15, 0.2) is 0 Å². The van der Waals surface area contributed by atoms with Crippen molar-refractivity contribution < 1.29 is 0 Å². The van der Waals surface area contributed by atoms with Crippen molar-refractivity contribution in [1.29, 1.82) is 0 Å². The minimum Gasteiger partial charge on any atom is -0.310 e. The van der Waals surface area contributed by atoms with E-state index in [2.05, 4.69) is 24.5 Å². The molecule has 2 nitrogen and oxygen atoms in total. The van der Waals surface area contributed by atoms with Gasteiger partial charge in [0.2, 0.25) is 0 Å². The standard InChI is InChI=1S/C10H20N2/c1-7-3-5-10-9(11-7)6-4-8(2)12-10/h7-12H,3-6H2,1-2H3/t7-,8-,9+,10+/m1/s1. The smallest absolute Gasteiger partial charge is 0.0224 e. The van der Waals surface area contributed by atoms with E-state index < -0.39 is 0 Å². The summed E-state index contributed by atoms with van der Waals surface area (Å²) >= 11 is 0. The minimum atomic E-state index is 0.737. The SMILES string of the molecule is C[C@@H]1CC[C@@H]2N[C@H](C)CC[C@@H]2N1. The van der Waals surface area contributed by atoms with E-state index in [1.54, 1.807) is 0 Å². The van der Waals surface area contributed by atoms with Gasteiger partial charge in [0.25, 0.3) is 0 Å². The predicted molar refractivity (Wildman–Crippen MR) is 51.2 cm³/mol. The molecule has 12 heavy (non-hydrogen) atoms. The molecule has 2 N–H and O–H groups in total. The molecule has 0 aromatic heterocycles. The fraction of sp³-hybridized carbons (Fsp3) is 1.00. The molecule has 70 valence electrons. The second-order valence-electron chi connectivity index (χ2n) is 4.50. The third-order valence-electron chi connectivity index (χ3n) is 3.30. The monoisotopic (exact) mass is 168 g/mol. The van der Waals surface area contributed by atoms with E-state index in [-0.39, 0.29) is 0 Å². The fourth-order valence-corrected chi connectivity index (χ4v) is 2.56. The number of nitrogens with one attached hydrogen (secondary N) is 2. The first-order valence-corrected chi connectivity index (χ1v) is 5.28. The summed E-state index contributed by atoms with van der Waals surface area (Å²) in [6.07, 6.45) is 5.40. The van der Waals surface area contributed by atoms with Crippen LogP contribution in [0, 0.1) is 0 Å². The van der Waals surface area contributed by atoms with E-state index in [0.29, 0.717) is 0 Å². The summed E-state index contributed by atoms with van der Waals surface area (Å²) < 4.78 is 0. The van der Waals surface area contributed by atoms with E-state index in [0.717, 1.165) is 24.2 Å². The molecule has 0 unspecified atom stereocenters. The molecule has 0 bridgehead atoms. The summed E-state index contributed by atoms with van der Waals surface area (Å²) in [4.78, 5) is 0. The maximum absolute atomic E-state index is 3.68. The molecule has 0 amide bonds. The molecule has 2 rings (SSSR count). The van der Waals surface area contributed by atoms with Crippen LogP contribution in [0.5, 0.6) is 0 Å². The van der Waals surface area contributed by atoms with Crippen LogP contribution < -0.4 is 10.6 Å². The number of hydrogen-bond donors (Lipinski definition) is 2. The first-order chi connectivity index (χ1) is 5.75. The fourth-order valence-electron chi connectivity index (χ4n) is 2.56. The van der Waals surface area contributed by atoms with Crippen molar-refractivity contribution in [2.75, 3.05) is 0 Å². The highest BCUT2D eigenvalue weighted by Gasteiger charge is 2.31. The van der Waals surface area contributed by atoms with Crippen molar-refractivity contribution in [3.63, 3.8) is 0 Å². The zero-order valence-electron chi connectivity index (χ0n) is 8.14. The summed E-state index contributed by atoms with van der Waals surface area (Å²) in [7, 11) is 0. The Kier molecular flexibility index (Phi) is 2.37. The molecule has 0 aromatic rings. The Morgan fingerprint density at radius 3 is 1.58 bits per heavy atom. The number of fused-ring (bicyclic) bond motifs is 1. The van der Waals surface area contributed by atoms with Crippen molar-refractivity contribution in [2.45, 2.75) is 63.7 Å². The van der Waals surface area contributed by atoms with Crippen molar-refractivity contribution >= 4 is 0 Å². The topological polar surface area (TPSA) is 24.1 Å². The van der Waals surface area contributed by atoms with Crippen LogP contribution in [0.2, 0.25) is 0 Å². The molecule has 0 radical (unpaired) electrons. The van der Waals surface area contributed by atoms with Gasteiger partial charge in [0, 0.05) is 24.2 Å². The lowest BCUT2D eigenvalue weighted by molar-refractivity contribution is 0.192. The molecule has 0 saturated carbocycles. The lowest BCUT2D eigenvalue weighted by Gasteiger charge is -2.42. The Bertz CT molecular complexity index is 140. The van der Waals surface area contributed by atoms with Crippen LogP contribution in [-0.4, -0.2) is 24.2 Å². The Labute approximate surface area is 75.1 Å². The Hall–Kier alpha value is -0.0800. The van der Waals surface area contributed by atoms with Gasteiger partial charge in [0.15, 0.2) is 0 Å². The predicted octanol–water partition coefficient (Wildman–Crippen LogP) is 1.27. The highest BCUT2D eigenvalue weighted by atomic mass is 15.1. The van der Waals surface area contributed by atoms with Gasteiger partial charge in [-0.15, -0.1) is 0 Å². The summed E-state index contributed by atoms with van der Waals surface area (Å²) in [5, 5.41) is 7.35. The van der Waals surface area contributed by atoms with Gasteiger partial charge in [-0.1, -0.05) is 0 Å². The summed E-state index contributed by atoms with van der Waals surface area (Å²) in [6, 6.07) is 2.98. The first-order valence-electron chi connectivity index (χ1n) is 5.28. The minimum absolute atomic E-state index is 0.737. The lowest BCUT2D eigenvalue weighted by atomic mass is 9.86. The van der Waals surface area contributed by atoms with Gasteiger partial charge < -0.3 is 10.6 Å². The van der Waals surface area contributed by atoms with Gasteiger partial charge in [-0.05, 0) is 39.5 Å². The van der Waals surface area contributed by atoms with Crippen molar-refractivity contribution in [3.05, 3.63) is 0 Å². The molecule has 2 aliphatic heterocycles. The van der Waals surface area contributed by atoms with Gasteiger partial charge in [-0.25, -0.2) is 0 Å². The van der Waals surface area contributed by atoms with Crippen LogP contribution in [0.1, 0.15) is 39.5 Å². The number of rotatable bonds is 0. The number of piperidine rings is 2. The zero-order chi connectivity index (χ0) is 8.55. The largest absolute Gasteiger partial charge is 0.310 e. The second kappa shape index (κ2) is 3.35. The first kappa shape index (κ1) is 8.52. The highest BCUT2D eigenvalue weighted by molar-refractivity contribution is 4.94. The lowest BCUT2D eigenvalue weighted by Crippen LogP contribution is -2.59. The Morgan fingerprint density at radius 1 is 0.750 bits per heavy atom. The van der Waals surface area contributed by atoms with Crippen molar-refractivity contribution in [2.24, 2.45) is 0 Å². The van der Waals surface area contributed by atoms with Gasteiger partial charge in [0.05, 0.1) is 0 Å². The van der Waals surface area contributed by atoms with E-state index in [4.69, 9.17) is 0 Å². The highest BCUT2D eigenvalue weighted by Crippen LogP contribution is 2.22. The second-order valence-corrected chi connectivity index (χ2v) is 4.50. The van der Waals surface area contributed by atoms with Crippen molar-refractivity contribution in [1.82, 2.24) is 10.6 Å². The van der Waals surface area contributed by atoms with Crippen LogP contribution in [0.4, 0.5) is 0 Å². The van der Waals surface area contributed by atoms with Gasteiger partial charge in [-0.2, -0.15) is 0 Å². The third kappa shape index (κ3) is 1.64. The molecule has 4 atom stereocenters. The van der Waals surface area contributed by atoms with Crippen LogP contribution in [-0.2, 0) is 0 Å². The van der Waals surface area contributed by atoms with Crippen LogP contribution in [0.3, 0.4) is 0 Å². The normalized spacial score (nSPS) is 48.5. The summed E-state index contributed by atoms with van der Waals surface area (Å²) in [6.45, 7) is 4.60. The number of hydrogen-bond acceptors (Lipinski definition) is 2. The molecule has 0 spiro atoms. The Balaban J connectivity index is 1.94. The zero-order valence-corrected chi connectivity index (χ0v) is 8.14. The van der Waals surface area contributed by atoms with E-state index in [1.807, 2.05) is 0 Å². The summed E-state index contributed by atoms with van der Waals surface area (Å²) in [5.74, 6) is 0.